The van der Waals surface area contributed by atoms with Gasteiger partial charge in [-0.3, -0.25) is 14.3 Å². The molecule has 41 heavy (non-hydrogen) atoms. The van der Waals surface area contributed by atoms with Gasteiger partial charge in [0.1, 0.15) is 5.82 Å². The average molecular weight is 565 g/mol. The van der Waals surface area contributed by atoms with Gasteiger partial charge >= 0.3 is 0 Å². The number of anilines is 1. The SMILES string of the molecule is Cc1ccccc1-n1c(SCc2ccc(C(=O)N3CCN(c4ccccc4F)CC3)cc2)nnc1-c1ccncc1. The molecule has 0 saturated carbocycles. The summed E-state index contributed by atoms with van der Waals surface area (Å²) in [7, 11) is 0. The third kappa shape index (κ3) is 5.71. The van der Waals surface area contributed by atoms with E-state index in [-0.39, 0.29) is 11.7 Å². The fourth-order valence-corrected chi connectivity index (χ4v) is 5.92. The zero-order chi connectivity index (χ0) is 28.2. The number of carbonyl (C=O) groups excluding carboxylic acids is 1. The highest BCUT2D eigenvalue weighted by atomic mass is 32.2. The van der Waals surface area contributed by atoms with Crippen LogP contribution in [0.3, 0.4) is 0 Å². The first-order valence-corrected chi connectivity index (χ1v) is 14.5. The second-order valence-corrected chi connectivity index (χ2v) is 10.8. The number of halogens is 1. The average Bonchev–Trinajstić information content (AvgIpc) is 3.45. The van der Waals surface area contributed by atoms with Crippen LogP contribution in [0.4, 0.5) is 10.1 Å². The number of hydrogen-bond acceptors (Lipinski definition) is 6. The number of rotatable bonds is 7. The van der Waals surface area contributed by atoms with Gasteiger partial charge in [0, 0.05) is 55.5 Å². The predicted octanol–water partition coefficient (Wildman–Crippen LogP) is 6.03. The first-order chi connectivity index (χ1) is 20.1. The number of piperazine rings is 1. The van der Waals surface area contributed by atoms with Crippen LogP contribution < -0.4 is 4.90 Å². The second-order valence-electron chi connectivity index (χ2n) is 9.88. The van der Waals surface area contributed by atoms with E-state index in [0.29, 0.717) is 43.2 Å². The van der Waals surface area contributed by atoms with E-state index >= 15 is 0 Å². The Kier molecular flexibility index (Phi) is 7.78. The maximum Gasteiger partial charge on any atom is 0.253 e. The van der Waals surface area contributed by atoms with Crippen LogP contribution in [-0.4, -0.2) is 56.7 Å². The minimum atomic E-state index is -0.230. The quantitative estimate of drug-likeness (QED) is 0.225. The monoisotopic (exact) mass is 564 g/mol. The normalized spacial score (nSPS) is 13.4. The molecule has 0 N–H and O–H groups in total. The van der Waals surface area contributed by atoms with Gasteiger partial charge < -0.3 is 9.80 Å². The topological polar surface area (TPSA) is 67.2 Å². The van der Waals surface area contributed by atoms with Crippen molar-refractivity contribution in [1.82, 2.24) is 24.6 Å². The number of para-hydroxylation sites is 2. The molecule has 1 amide bonds. The van der Waals surface area contributed by atoms with E-state index in [4.69, 9.17) is 0 Å². The molecule has 9 heteroatoms. The van der Waals surface area contributed by atoms with Crippen molar-refractivity contribution in [3.63, 3.8) is 0 Å². The van der Waals surface area contributed by atoms with Crippen LogP contribution in [0.1, 0.15) is 21.5 Å². The first-order valence-electron chi connectivity index (χ1n) is 13.5. The Morgan fingerprint density at radius 1 is 0.829 bits per heavy atom. The summed E-state index contributed by atoms with van der Waals surface area (Å²) in [5.74, 6) is 1.21. The predicted molar refractivity (Wildman–Crippen MR) is 160 cm³/mol. The summed E-state index contributed by atoms with van der Waals surface area (Å²) in [6.07, 6.45) is 3.51. The van der Waals surface area contributed by atoms with Crippen molar-refractivity contribution in [1.29, 1.82) is 0 Å². The van der Waals surface area contributed by atoms with Crippen LogP contribution in [-0.2, 0) is 5.75 Å². The molecule has 3 aromatic carbocycles. The number of pyridine rings is 1. The van der Waals surface area contributed by atoms with E-state index in [2.05, 4.69) is 38.8 Å². The summed E-state index contributed by atoms with van der Waals surface area (Å²) in [4.78, 5) is 21.1. The lowest BCUT2D eigenvalue weighted by molar-refractivity contribution is 0.0746. The van der Waals surface area contributed by atoms with Crippen molar-refractivity contribution in [2.24, 2.45) is 0 Å². The van der Waals surface area contributed by atoms with E-state index < -0.39 is 0 Å². The molecule has 0 aliphatic carbocycles. The molecule has 5 aromatic rings. The molecule has 1 fully saturated rings. The van der Waals surface area contributed by atoms with Crippen molar-refractivity contribution >= 4 is 23.4 Å². The number of aromatic nitrogens is 4. The number of carbonyl (C=O) groups is 1. The largest absolute Gasteiger partial charge is 0.366 e. The van der Waals surface area contributed by atoms with Crippen molar-refractivity contribution in [2.75, 3.05) is 31.1 Å². The second kappa shape index (κ2) is 11.9. The van der Waals surface area contributed by atoms with Gasteiger partial charge in [0.15, 0.2) is 11.0 Å². The summed E-state index contributed by atoms with van der Waals surface area (Å²) in [6.45, 7) is 4.39. The number of benzene rings is 3. The van der Waals surface area contributed by atoms with Gasteiger partial charge in [-0.2, -0.15) is 0 Å². The van der Waals surface area contributed by atoms with Gasteiger partial charge in [-0.05, 0) is 60.5 Å². The Morgan fingerprint density at radius 3 is 2.22 bits per heavy atom. The highest BCUT2D eigenvalue weighted by Gasteiger charge is 2.24. The van der Waals surface area contributed by atoms with E-state index in [9.17, 15) is 9.18 Å². The number of amides is 1. The lowest BCUT2D eigenvalue weighted by Gasteiger charge is -2.36. The van der Waals surface area contributed by atoms with E-state index in [1.54, 1.807) is 36.3 Å². The third-order valence-corrected chi connectivity index (χ3v) is 8.26. The highest BCUT2D eigenvalue weighted by molar-refractivity contribution is 7.98. The van der Waals surface area contributed by atoms with Gasteiger partial charge in [0.05, 0.1) is 11.4 Å². The van der Waals surface area contributed by atoms with E-state index in [1.165, 1.54) is 6.07 Å². The minimum Gasteiger partial charge on any atom is -0.366 e. The maximum absolute atomic E-state index is 14.2. The van der Waals surface area contributed by atoms with Crippen LogP contribution in [0.2, 0.25) is 0 Å². The molecule has 0 radical (unpaired) electrons. The first kappa shape index (κ1) is 26.7. The number of thioether (sulfide) groups is 1. The number of hydrogen-bond donors (Lipinski definition) is 0. The van der Waals surface area contributed by atoms with Gasteiger partial charge in [-0.25, -0.2) is 4.39 Å². The standard InChI is InChI=1S/C32H29FN6OS/c1-23-6-2-4-8-28(23)39-30(25-14-16-34-17-15-25)35-36-32(39)41-22-24-10-12-26(13-11-24)31(40)38-20-18-37(19-21-38)29-9-5-3-7-27(29)33/h2-17H,18-22H2,1H3. The molecule has 0 spiro atoms. The Labute approximate surface area is 242 Å². The van der Waals surface area contributed by atoms with Gasteiger partial charge in [0.25, 0.3) is 5.91 Å². The zero-order valence-corrected chi connectivity index (χ0v) is 23.5. The third-order valence-electron chi connectivity index (χ3n) is 7.26. The molecule has 1 aliphatic heterocycles. The maximum atomic E-state index is 14.2. The summed E-state index contributed by atoms with van der Waals surface area (Å²) >= 11 is 1.60. The molecule has 3 heterocycles. The van der Waals surface area contributed by atoms with Crippen molar-refractivity contribution in [3.8, 4) is 17.1 Å². The van der Waals surface area contributed by atoms with Gasteiger partial charge in [-0.15, -0.1) is 10.2 Å². The molecule has 1 saturated heterocycles. The summed E-state index contributed by atoms with van der Waals surface area (Å²) in [5, 5.41) is 9.85. The van der Waals surface area contributed by atoms with Gasteiger partial charge in [-0.1, -0.05) is 54.2 Å². The summed E-state index contributed by atoms with van der Waals surface area (Å²) < 4.78 is 16.3. The fourth-order valence-electron chi connectivity index (χ4n) is 5.02. The Hall–Kier alpha value is -4.50. The molecule has 206 valence electrons. The molecule has 0 bridgehead atoms. The zero-order valence-electron chi connectivity index (χ0n) is 22.7. The van der Waals surface area contributed by atoms with Crippen LogP contribution in [0.5, 0.6) is 0 Å². The van der Waals surface area contributed by atoms with Crippen molar-refractivity contribution in [3.05, 3.63) is 120 Å². The Morgan fingerprint density at radius 2 is 1.51 bits per heavy atom. The summed E-state index contributed by atoms with van der Waals surface area (Å²) in [5.41, 5.74) is 5.43. The molecule has 1 aliphatic rings. The van der Waals surface area contributed by atoms with Crippen molar-refractivity contribution in [2.45, 2.75) is 17.8 Å². The molecule has 7 nitrogen and oxygen atoms in total. The molecule has 0 atom stereocenters. The van der Waals surface area contributed by atoms with Crippen LogP contribution in [0.15, 0.2) is 102 Å². The Balaban J connectivity index is 1.13. The van der Waals surface area contributed by atoms with Crippen LogP contribution in [0.25, 0.3) is 17.1 Å². The molecule has 2 aromatic heterocycles. The van der Waals surface area contributed by atoms with E-state index in [1.807, 2.05) is 64.4 Å². The van der Waals surface area contributed by atoms with Crippen LogP contribution in [0, 0.1) is 12.7 Å². The smallest absolute Gasteiger partial charge is 0.253 e. The van der Waals surface area contributed by atoms with Crippen LogP contribution >= 0.6 is 11.8 Å². The highest BCUT2D eigenvalue weighted by Crippen LogP contribution is 2.31. The number of aryl methyl sites for hydroxylation is 1. The molecular weight excluding hydrogens is 535 g/mol. The van der Waals surface area contributed by atoms with Crippen molar-refractivity contribution < 1.29 is 9.18 Å². The number of nitrogens with zero attached hydrogens (tertiary/aromatic N) is 6. The lowest BCUT2D eigenvalue weighted by Crippen LogP contribution is -2.49. The van der Waals surface area contributed by atoms with Gasteiger partial charge in [0.2, 0.25) is 0 Å². The lowest BCUT2D eigenvalue weighted by atomic mass is 10.1. The molecular formula is C32H29FN6OS. The summed E-state index contributed by atoms with van der Waals surface area (Å²) in [6, 6.07) is 26.6. The van der Waals surface area contributed by atoms with E-state index in [0.717, 1.165) is 33.4 Å². The minimum absolute atomic E-state index is 0.00123. The molecule has 0 unspecified atom stereocenters. The molecule has 6 rings (SSSR count). The Bertz CT molecular complexity index is 1650. The fraction of sp³-hybridized carbons (Fsp3) is 0.188.